The summed E-state index contributed by atoms with van der Waals surface area (Å²) in [5, 5.41) is 0. The molecular weight excluding hydrogens is 216 g/mol. The number of rotatable bonds is 5. The molecule has 2 rings (SSSR count). The summed E-state index contributed by atoms with van der Waals surface area (Å²) in [6.45, 7) is 0. The Morgan fingerprint density at radius 3 is 2.59 bits per heavy atom. The van der Waals surface area contributed by atoms with Gasteiger partial charge in [-0.15, -0.1) is 0 Å². The second kappa shape index (κ2) is 5.34. The number of benzene rings is 1. The Morgan fingerprint density at radius 1 is 1.24 bits per heavy atom. The molecule has 0 saturated carbocycles. The lowest BCUT2D eigenvalue weighted by atomic mass is 10.1. The van der Waals surface area contributed by atoms with Crippen LogP contribution < -0.4 is 4.74 Å². The van der Waals surface area contributed by atoms with Gasteiger partial charge in [-0.1, -0.05) is 0 Å². The number of furan rings is 1. The summed E-state index contributed by atoms with van der Waals surface area (Å²) < 4.78 is 10.2. The maximum atomic E-state index is 11.9. The van der Waals surface area contributed by atoms with E-state index in [4.69, 9.17) is 9.15 Å². The Balaban J connectivity index is 1.95. The van der Waals surface area contributed by atoms with Crippen LogP contribution in [0.15, 0.2) is 47.1 Å². The second-order valence-corrected chi connectivity index (χ2v) is 3.73. The number of ether oxygens (including phenoxy) is 1. The lowest BCUT2D eigenvalue weighted by Gasteiger charge is -2.02. The Bertz CT molecular complexity index is 469. The zero-order valence-corrected chi connectivity index (χ0v) is 9.68. The minimum Gasteiger partial charge on any atom is -0.497 e. The first-order valence-electron chi connectivity index (χ1n) is 5.49. The van der Waals surface area contributed by atoms with Gasteiger partial charge in [0.2, 0.25) is 0 Å². The van der Waals surface area contributed by atoms with Gasteiger partial charge in [0.15, 0.2) is 5.78 Å². The molecule has 17 heavy (non-hydrogen) atoms. The predicted octanol–water partition coefficient (Wildman–Crippen LogP) is 3.10. The van der Waals surface area contributed by atoms with Crippen LogP contribution in [0.2, 0.25) is 0 Å². The van der Waals surface area contributed by atoms with Crippen molar-refractivity contribution in [2.45, 2.75) is 12.8 Å². The van der Waals surface area contributed by atoms with Crippen LogP contribution in [-0.4, -0.2) is 12.9 Å². The standard InChI is InChI=1S/C14H14O3/c1-16-12-6-4-11(5-7-12)14(15)9-8-13-3-2-10-17-13/h2-7,10H,8-9H2,1H3. The van der Waals surface area contributed by atoms with Crippen molar-refractivity contribution in [3.05, 3.63) is 54.0 Å². The van der Waals surface area contributed by atoms with E-state index in [1.54, 1.807) is 37.6 Å². The number of methoxy groups -OCH3 is 1. The Hall–Kier alpha value is -2.03. The number of hydrogen-bond donors (Lipinski definition) is 0. The van der Waals surface area contributed by atoms with Gasteiger partial charge in [-0.05, 0) is 36.4 Å². The maximum absolute atomic E-state index is 11.9. The molecule has 0 bridgehead atoms. The zero-order valence-electron chi connectivity index (χ0n) is 9.68. The molecular formula is C14H14O3. The molecule has 3 heteroatoms. The van der Waals surface area contributed by atoms with Crippen LogP contribution in [0.4, 0.5) is 0 Å². The monoisotopic (exact) mass is 230 g/mol. The van der Waals surface area contributed by atoms with Gasteiger partial charge < -0.3 is 9.15 Å². The van der Waals surface area contributed by atoms with Gasteiger partial charge >= 0.3 is 0 Å². The van der Waals surface area contributed by atoms with E-state index in [0.717, 1.165) is 11.5 Å². The van der Waals surface area contributed by atoms with Crippen molar-refractivity contribution >= 4 is 5.78 Å². The summed E-state index contributed by atoms with van der Waals surface area (Å²) in [5.41, 5.74) is 0.706. The number of aryl methyl sites for hydroxylation is 1. The molecule has 0 aliphatic rings. The van der Waals surface area contributed by atoms with Crippen LogP contribution in [0.25, 0.3) is 0 Å². The molecule has 0 radical (unpaired) electrons. The van der Waals surface area contributed by atoms with Crippen LogP contribution in [0.3, 0.4) is 0 Å². The van der Waals surface area contributed by atoms with Gasteiger partial charge in [-0.25, -0.2) is 0 Å². The van der Waals surface area contributed by atoms with Gasteiger partial charge in [0, 0.05) is 18.4 Å². The number of carbonyl (C=O) groups excluding carboxylic acids is 1. The molecule has 0 unspecified atom stereocenters. The van der Waals surface area contributed by atoms with E-state index in [-0.39, 0.29) is 5.78 Å². The predicted molar refractivity (Wildman–Crippen MR) is 64.4 cm³/mol. The first-order valence-corrected chi connectivity index (χ1v) is 5.49. The molecule has 3 nitrogen and oxygen atoms in total. The zero-order chi connectivity index (χ0) is 12.1. The van der Waals surface area contributed by atoms with E-state index in [9.17, 15) is 4.79 Å². The van der Waals surface area contributed by atoms with Crippen molar-refractivity contribution in [2.24, 2.45) is 0 Å². The molecule has 1 aromatic carbocycles. The number of Topliss-reactive ketones (excluding diaryl/α,β-unsaturated/α-hetero) is 1. The highest BCUT2D eigenvalue weighted by Gasteiger charge is 2.07. The third-order valence-corrected chi connectivity index (χ3v) is 2.59. The quantitative estimate of drug-likeness (QED) is 0.741. The summed E-state index contributed by atoms with van der Waals surface area (Å²) in [7, 11) is 1.60. The highest BCUT2D eigenvalue weighted by Crippen LogP contribution is 2.14. The molecule has 0 fully saturated rings. The van der Waals surface area contributed by atoms with Crippen LogP contribution in [-0.2, 0) is 6.42 Å². The fourth-order valence-corrected chi connectivity index (χ4v) is 1.61. The molecule has 0 spiro atoms. The topological polar surface area (TPSA) is 39.4 Å². The molecule has 0 aliphatic heterocycles. The maximum Gasteiger partial charge on any atom is 0.163 e. The van der Waals surface area contributed by atoms with E-state index in [1.807, 2.05) is 12.1 Å². The molecule has 1 aromatic heterocycles. The lowest BCUT2D eigenvalue weighted by molar-refractivity contribution is 0.0981. The van der Waals surface area contributed by atoms with E-state index in [0.29, 0.717) is 18.4 Å². The minimum atomic E-state index is 0.115. The molecule has 0 N–H and O–H groups in total. The van der Waals surface area contributed by atoms with Gasteiger partial charge in [-0.3, -0.25) is 4.79 Å². The molecule has 0 atom stereocenters. The second-order valence-electron chi connectivity index (χ2n) is 3.73. The number of ketones is 1. The number of hydrogen-bond acceptors (Lipinski definition) is 3. The minimum absolute atomic E-state index is 0.115. The Kier molecular flexibility index (Phi) is 3.60. The summed E-state index contributed by atoms with van der Waals surface area (Å²) in [6.07, 6.45) is 2.71. The van der Waals surface area contributed by atoms with Crippen LogP contribution in [0.1, 0.15) is 22.5 Å². The molecule has 2 aromatic rings. The summed E-state index contributed by atoms with van der Waals surface area (Å²) in [4.78, 5) is 11.9. The van der Waals surface area contributed by atoms with E-state index < -0.39 is 0 Å². The molecule has 1 heterocycles. The smallest absolute Gasteiger partial charge is 0.163 e. The van der Waals surface area contributed by atoms with Gasteiger partial charge in [0.1, 0.15) is 11.5 Å². The van der Waals surface area contributed by atoms with Gasteiger partial charge in [0.25, 0.3) is 0 Å². The Labute approximate surface area is 100 Å². The van der Waals surface area contributed by atoms with E-state index in [1.165, 1.54) is 0 Å². The molecule has 0 aliphatic carbocycles. The van der Waals surface area contributed by atoms with Crippen molar-refractivity contribution in [3.8, 4) is 5.75 Å². The van der Waals surface area contributed by atoms with Crippen molar-refractivity contribution in [3.63, 3.8) is 0 Å². The fraction of sp³-hybridized carbons (Fsp3) is 0.214. The highest BCUT2D eigenvalue weighted by atomic mass is 16.5. The normalized spacial score (nSPS) is 10.2. The lowest BCUT2D eigenvalue weighted by Crippen LogP contribution is -2.00. The van der Waals surface area contributed by atoms with Crippen molar-refractivity contribution in [1.29, 1.82) is 0 Å². The van der Waals surface area contributed by atoms with E-state index in [2.05, 4.69) is 0 Å². The van der Waals surface area contributed by atoms with E-state index >= 15 is 0 Å². The highest BCUT2D eigenvalue weighted by molar-refractivity contribution is 5.96. The third kappa shape index (κ3) is 2.97. The average Bonchev–Trinajstić information content (AvgIpc) is 2.89. The van der Waals surface area contributed by atoms with Gasteiger partial charge in [0.05, 0.1) is 13.4 Å². The van der Waals surface area contributed by atoms with Crippen molar-refractivity contribution in [1.82, 2.24) is 0 Å². The Morgan fingerprint density at radius 2 is 2.00 bits per heavy atom. The van der Waals surface area contributed by atoms with Crippen LogP contribution in [0, 0.1) is 0 Å². The largest absolute Gasteiger partial charge is 0.497 e. The fourth-order valence-electron chi connectivity index (χ4n) is 1.61. The molecule has 0 saturated heterocycles. The van der Waals surface area contributed by atoms with Crippen molar-refractivity contribution in [2.75, 3.05) is 7.11 Å². The molecule has 0 amide bonds. The van der Waals surface area contributed by atoms with Crippen molar-refractivity contribution < 1.29 is 13.9 Å². The SMILES string of the molecule is COc1ccc(C(=O)CCc2ccco2)cc1. The molecule has 88 valence electrons. The first-order chi connectivity index (χ1) is 8.29. The summed E-state index contributed by atoms with van der Waals surface area (Å²) in [6, 6.07) is 10.8. The van der Waals surface area contributed by atoms with Crippen LogP contribution >= 0.6 is 0 Å². The first kappa shape index (κ1) is 11.5. The van der Waals surface area contributed by atoms with Gasteiger partial charge in [-0.2, -0.15) is 0 Å². The van der Waals surface area contributed by atoms with Crippen LogP contribution in [0.5, 0.6) is 5.75 Å². The summed E-state index contributed by atoms with van der Waals surface area (Å²) >= 11 is 0. The number of carbonyl (C=O) groups is 1. The third-order valence-electron chi connectivity index (χ3n) is 2.59. The average molecular weight is 230 g/mol. The summed E-state index contributed by atoms with van der Waals surface area (Å²) in [5.74, 6) is 1.71.